The molecule has 0 saturated carbocycles. The Morgan fingerprint density at radius 2 is 2.08 bits per heavy atom. The van der Waals surface area contributed by atoms with E-state index < -0.39 is 0 Å². The van der Waals surface area contributed by atoms with E-state index in [9.17, 15) is 0 Å². The van der Waals surface area contributed by atoms with Gasteiger partial charge in [0.2, 0.25) is 0 Å². The molecule has 0 atom stereocenters. The topological polar surface area (TPSA) is 38.9 Å². The average Bonchev–Trinajstić information content (AvgIpc) is 2.08. The number of aromatic nitrogens is 1. The fraction of sp³-hybridized carbons (Fsp3) is 0.100. The summed E-state index contributed by atoms with van der Waals surface area (Å²) >= 11 is 5.83. The number of nitrogens with two attached hydrogens (primary N) is 1. The second-order valence-electron chi connectivity index (χ2n) is 3.03. The van der Waals surface area contributed by atoms with E-state index in [4.69, 9.17) is 17.3 Å². The summed E-state index contributed by atoms with van der Waals surface area (Å²) in [6.45, 7) is 1.94. The molecule has 13 heavy (non-hydrogen) atoms. The fourth-order valence-corrected chi connectivity index (χ4v) is 1.43. The van der Waals surface area contributed by atoms with Crippen LogP contribution in [-0.4, -0.2) is 4.98 Å². The second-order valence-corrected chi connectivity index (χ2v) is 3.46. The highest BCUT2D eigenvalue weighted by Crippen LogP contribution is 2.20. The Kier molecular flexibility index (Phi) is 1.85. The number of nitrogens with zero attached hydrogens (tertiary/aromatic N) is 1. The van der Waals surface area contributed by atoms with Crippen molar-refractivity contribution in [1.29, 1.82) is 0 Å². The molecule has 0 aliphatic rings. The van der Waals surface area contributed by atoms with E-state index in [1.165, 1.54) is 0 Å². The molecule has 1 aromatic heterocycles. The molecule has 0 aliphatic carbocycles. The molecule has 0 radical (unpaired) electrons. The van der Waals surface area contributed by atoms with Gasteiger partial charge in [-0.25, -0.2) is 4.98 Å². The summed E-state index contributed by atoms with van der Waals surface area (Å²) in [4.78, 5) is 4.23. The van der Waals surface area contributed by atoms with Crippen molar-refractivity contribution in [2.45, 2.75) is 6.92 Å². The molecule has 3 heteroatoms. The van der Waals surface area contributed by atoms with E-state index in [-0.39, 0.29) is 0 Å². The Balaban J connectivity index is 2.81. The molecule has 0 saturated heterocycles. The predicted molar refractivity (Wildman–Crippen MR) is 55.9 cm³/mol. The standard InChI is InChI=1S/C10H9ClN2/c1-6-4-7-2-3-8(11)5-9(7)13-10(6)12/h2-5H,1H3,(H2,12,13). The summed E-state index contributed by atoms with van der Waals surface area (Å²) in [6, 6.07) is 7.61. The lowest BCUT2D eigenvalue weighted by atomic mass is 10.1. The number of anilines is 1. The number of halogens is 1. The first-order chi connectivity index (χ1) is 6.16. The van der Waals surface area contributed by atoms with Gasteiger partial charge in [0.1, 0.15) is 5.82 Å². The molecule has 2 rings (SSSR count). The van der Waals surface area contributed by atoms with Gasteiger partial charge in [-0.05, 0) is 30.7 Å². The quantitative estimate of drug-likeness (QED) is 0.697. The highest BCUT2D eigenvalue weighted by atomic mass is 35.5. The maximum absolute atomic E-state index is 5.83. The van der Waals surface area contributed by atoms with Crippen molar-refractivity contribution in [2.75, 3.05) is 5.73 Å². The lowest BCUT2D eigenvalue weighted by Gasteiger charge is -2.02. The molecular weight excluding hydrogens is 184 g/mol. The van der Waals surface area contributed by atoms with Gasteiger partial charge in [-0.3, -0.25) is 0 Å². The lowest BCUT2D eigenvalue weighted by molar-refractivity contribution is 1.34. The lowest BCUT2D eigenvalue weighted by Crippen LogP contribution is -1.93. The van der Waals surface area contributed by atoms with Crippen molar-refractivity contribution < 1.29 is 0 Å². The third-order valence-electron chi connectivity index (χ3n) is 2.01. The predicted octanol–water partition coefficient (Wildman–Crippen LogP) is 2.78. The number of hydrogen-bond donors (Lipinski definition) is 1. The Morgan fingerprint density at radius 1 is 1.31 bits per heavy atom. The van der Waals surface area contributed by atoms with Crippen LogP contribution >= 0.6 is 11.6 Å². The molecule has 0 aliphatic heterocycles. The minimum absolute atomic E-state index is 0.565. The summed E-state index contributed by atoms with van der Waals surface area (Å²) in [6.07, 6.45) is 0. The van der Waals surface area contributed by atoms with E-state index in [1.807, 2.05) is 31.2 Å². The van der Waals surface area contributed by atoms with Gasteiger partial charge in [0.15, 0.2) is 0 Å². The van der Waals surface area contributed by atoms with Crippen molar-refractivity contribution in [1.82, 2.24) is 4.98 Å². The summed E-state index contributed by atoms with van der Waals surface area (Å²) in [5.74, 6) is 0.565. The Bertz CT molecular complexity index is 466. The third kappa shape index (κ3) is 1.45. The van der Waals surface area contributed by atoms with Crippen LogP contribution in [0.5, 0.6) is 0 Å². The minimum Gasteiger partial charge on any atom is -0.383 e. The highest BCUT2D eigenvalue weighted by molar-refractivity contribution is 6.31. The number of benzene rings is 1. The van der Waals surface area contributed by atoms with Crippen LogP contribution in [0.15, 0.2) is 24.3 Å². The average molecular weight is 193 g/mol. The van der Waals surface area contributed by atoms with Crippen LogP contribution in [0, 0.1) is 6.92 Å². The van der Waals surface area contributed by atoms with E-state index in [0.29, 0.717) is 10.8 Å². The summed E-state index contributed by atoms with van der Waals surface area (Å²) in [5.41, 5.74) is 7.52. The normalized spacial score (nSPS) is 10.6. The summed E-state index contributed by atoms with van der Waals surface area (Å²) < 4.78 is 0. The van der Waals surface area contributed by atoms with Gasteiger partial charge in [0.05, 0.1) is 5.52 Å². The summed E-state index contributed by atoms with van der Waals surface area (Å²) in [5, 5.41) is 1.75. The first-order valence-electron chi connectivity index (χ1n) is 3.99. The maximum Gasteiger partial charge on any atom is 0.127 e. The van der Waals surface area contributed by atoms with Crippen LogP contribution in [-0.2, 0) is 0 Å². The largest absolute Gasteiger partial charge is 0.383 e. The fourth-order valence-electron chi connectivity index (χ4n) is 1.26. The van der Waals surface area contributed by atoms with Crippen LogP contribution in [0.2, 0.25) is 5.02 Å². The Morgan fingerprint density at radius 3 is 2.85 bits per heavy atom. The van der Waals surface area contributed by atoms with Crippen molar-refractivity contribution in [3.05, 3.63) is 34.9 Å². The number of rotatable bonds is 0. The molecule has 1 aromatic carbocycles. The highest BCUT2D eigenvalue weighted by Gasteiger charge is 1.99. The van der Waals surface area contributed by atoms with Crippen LogP contribution < -0.4 is 5.73 Å². The van der Waals surface area contributed by atoms with Gasteiger partial charge in [0.25, 0.3) is 0 Å². The van der Waals surface area contributed by atoms with Crippen molar-refractivity contribution in [3.63, 3.8) is 0 Å². The minimum atomic E-state index is 0.565. The van der Waals surface area contributed by atoms with Gasteiger partial charge in [-0.15, -0.1) is 0 Å². The first kappa shape index (κ1) is 8.32. The number of fused-ring (bicyclic) bond motifs is 1. The maximum atomic E-state index is 5.83. The monoisotopic (exact) mass is 192 g/mol. The van der Waals surface area contributed by atoms with Gasteiger partial charge >= 0.3 is 0 Å². The molecule has 0 amide bonds. The molecule has 2 nitrogen and oxygen atoms in total. The van der Waals surface area contributed by atoms with Crippen LogP contribution in [0.3, 0.4) is 0 Å². The molecule has 0 fully saturated rings. The molecule has 0 unspecified atom stereocenters. The number of hydrogen-bond acceptors (Lipinski definition) is 2. The van der Waals surface area contributed by atoms with E-state index >= 15 is 0 Å². The molecule has 0 bridgehead atoms. The van der Waals surface area contributed by atoms with Crippen LogP contribution in [0.25, 0.3) is 10.9 Å². The molecular formula is C10H9ClN2. The molecule has 66 valence electrons. The van der Waals surface area contributed by atoms with Gasteiger partial charge in [-0.2, -0.15) is 0 Å². The SMILES string of the molecule is Cc1cc2ccc(Cl)cc2nc1N. The van der Waals surface area contributed by atoms with Crippen molar-refractivity contribution in [2.24, 2.45) is 0 Å². The third-order valence-corrected chi connectivity index (χ3v) is 2.24. The smallest absolute Gasteiger partial charge is 0.127 e. The zero-order valence-electron chi connectivity index (χ0n) is 7.21. The number of aryl methyl sites for hydroxylation is 1. The van der Waals surface area contributed by atoms with Crippen molar-refractivity contribution in [3.8, 4) is 0 Å². The molecule has 2 aromatic rings. The number of pyridine rings is 1. The summed E-state index contributed by atoms with van der Waals surface area (Å²) in [7, 11) is 0. The van der Waals surface area contributed by atoms with Crippen LogP contribution in [0.1, 0.15) is 5.56 Å². The van der Waals surface area contributed by atoms with E-state index in [2.05, 4.69) is 4.98 Å². The van der Waals surface area contributed by atoms with Gasteiger partial charge < -0.3 is 5.73 Å². The first-order valence-corrected chi connectivity index (χ1v) is 4.37. The Hall–Kier alpha value is -1.28. The van der Waals surface area contributed by atoms with Gasteiger partial charge in [-0.1, -0.05) is 17.7 Å². The van der Waals surface area contributed by atoms with Crippen molar-refractivity contribution >= 4 is 28.3 Å². The zero-order chi connectivity index (χ0) is 9.42. The number of nitrogen functional groups attached to an aromatic ring is 1. The van der Waals surface area contributed by atoms with Gasteiger partial charge in [0, 0.05) is 10.4 Å². The molecule has 0 spiro atoms. The van der Waals surface area contributed by atoms with Crippen LogP contribution in [0.4, 0.5) is 5.82 Å². The second kappa shape index (κ2) is 2.89. The molecule has 1 heterocycles. The molecule has 2 N–H and O–H groups in total. The van der Waals surface area contributed by atoms with E-state index in [0.717, 1.165) is 16.5 Å². The Labute approximate surface area is 81.3 Å². The zero-order valence-corrected chi connectivity index (χ0v) is 7.97. The van der Waals surface area contributed by atoms with E-state index in [1.54, 1.807) is 0 Å².